The Hall–Kier alpha value is -2.76. The Bertz CT molecular complexity index is 582. The number of carbonyl (C=O) groups excluding carboxylic acids is 1. The fourth-order valence-corrected chi connectivity index (χ4v) is 1.46. The van der Waals surface area contributed by atoms with Gasteiger partial charge in [0, 0.05) is 12.4 Å². The summed E-state index contributed by atoms with van der Waals surface area (Å²) in [7, 11) is 0. The van der Waals surface area contributed by atoms with Crippen molar-refractivity contribution in [2.75, 3.05) is 5.32 Å². The normalized spacial score (nSPS) is 9.89. The van der Waals surface area contributed by atoms with Gasteiger partial charge in [-0.05, 0) is 24.3 Å². The van der Waals surface area contributed by atoms with Gasteiger partial charge >= 0.3 is 5.97 Å². The predicted molar refractivity (Wildman–Crippen MR) is 67.8 cm³/mol. The lowest BCUT2D eigenvalue weighted by Gasteiger charge is -2.05. The van der Waals surface area contributed by atoms with Gasteiger partial charge < -0.3 is 10.4 Å². The maximum absolute atomic E-state index is 11.8. The van der Waals surface area contributed by atoms with Gasteiger partial charge in [0.1, 0.15) is 0 Å². The molecule has 2 aromatic heterocycles. The van der Waals surface area contributed by atoms with Crippen LogP contribution in [0.15, 0.2) is 42.9 Å². The quantitative estimate of drug-likeness (QED) is 0.862. The number of aromatic nitrogens is 2. The van der Waals surface area contributed by atoms with Crippen molar-refractivity contribution in [3.8, 4) is 0 Å². The van der Waals surface area contributed by atoms with Crippen LogP contribution < -0.4 is 5.32 Å². The molecule has 2 N–H and O–H groups in total. The molecule has 0 radical (unpaired) electrons. The summed E-state index contributed by atoms with van der Waals surface area (Å²) in [6, 6.07) is 6.49. The van der Waals surface area contributed by atoms with Crippen LogP contribution in [0.2, 0.25) is 0 Å². The van der Waals surface area contributed by atoms with E-state index in [4.69, 9.17) is 5.11 Å². The third kappa shape index (κ3) is 3.60. The van der Waals surface area contributed by atoms with Crippen LogP contribution >= 0.6 is 0 Å². The van der Waals surface area contributed by atoms with E-state index >= 15 is 0 Å². The summed E-state index contributed by atoms with van der Waals surface area (Å²) in [5.74, 6) is -1.24. The zero-order valence-electron chi connectivity index (χ0n) is 9.91. The number of carboxylic acids is 1. The first-order valence-electron chi connectivity index (χ1n) is 5.53. The third-order valence-electron chi connectivity index (χ3n) is 2.34. The Kier molecular flexibility index (Phi) is 3.82. The number of pyridine rings is 2. The lowest BCUT2D eigenvalue weighted by molar-refractivity contribution is -0.136. The van der Waals surface area contributed by atoms with E-state index in [1.54, 1.807) is 30.5 Å². The average Bonchev–Trinajstić information content (AvgIpc) is 2.41. The van der Waals surface area contributed by atoms with Crippen molar-refractivity contribution >= 4 is 17.6 Å². The molecule has 0 fully saturated rings. The van der Waals surface area contributed by atoms with Crippen LogP contribution in [0.5, 0.6) is 0 Å². The maximum Gasteiger partial charge on any atom is 0.309 e. The van der Waals surface area contributed by atoms with Crippen LogP contribution in [-0.4, -0.2) is 27.0 Å². The summed E-state index contributed by atoms with van der Waals surface area (Å²) in [5, 5.41) is 11.3. The van der Waals surface area contributed by atoms with Crippen molar-refractivity contribution < 1.29 is 14.7 Å². The molecule has 96 valence electrons. The molecule has 0 aliphatic carbocycles. The fourth-order valence-electron chi connectivity index (χ4n) is 1.46. The fraction of sp³-hybridized carbons (Fsp3) is 0.0769. The van der Waals surface area contributed by atoms with Crippen molar-refractivity contribution in [1.29, 1.82) is 0 Å². The summed E-state index contributed by atoms with van der Waals surface area (Å²) in [5.41, 5.74) is 1.38. The molecular formula is C13H11N3O3. The number of nitrogens with zero attached hydrogens (tertiary/aromatic N) is 2. The smallest absolute Gasteiger partial charge is 0.309 e. The van der Waals surface area contributed by atoms with Gasteiger partial charge in [-0.3, -0.25) is 19.6 Å². The molecule has 2 rings (SSSR count). The second-order valence-electron chi connectivity index (χ2n) is 3.80. The second-order valence-corrected chi connectivity index (χ2v) is 3.80. The molecule has 0 aliphatic heterocycles. The van der Waals surface area contributed by atoms with E-state index in [0.29, 0.717) is 16.9 Å². The van der Waals surface area contributed by atoms with Crippen molar-refractivity contribution in [2.24, 2.45) is 0 Å². The van der Waals surface area contributed by atoms with E-state index in [1.807, 2.05) is 0 Å². The molecule has 1 amide bonds. The van der Waals surface area contributed by atoms with Gasteiger partial charge in [0.05, 0.1) is 29.6 Å². The highest BCUT2D eigenvalue weighted by molar-refractivity contribution is 6.03. The molecule has 6 nitrogen and oxygen atoms in total. The zero-order valence-corrected chi connectivity index (χ0v) is 9.91. The first-order valence-corrected chi connectivity index (χ1v) is 5.53. The second kappa shape index (κ2) is 5.72. The molecule has 6 heteroatoms. The van der Waals surface area contributed by atoms with E-state index in [1.165, 1.54) is 12.4 Å². The number of aliphatic carboxylic acids is 1. The van der Waals surface area contributed by atoms with Crippen molar-refractivity contribution in [2.45, 2.75) is 6.42 Å². The minimum atomic E-state index is -0.945. The van der Waals surface area contributed by atoms with Gasteiger partial charge in [0.25, 0.3) is 5.91 Å². The summed E-state index contributed by atoms with van der Waals surface area (Å²) in [6.45, 7) is 0. The Morgan fingerprint density at radius 3 is 2.63 bits per heavy atom. The first-order chi connectivity index (χ1) is 9.15. The maximum atomic E-state index is 11.8. The topological polar surface area (TPSA) is 92.2 Å². The predicted octanol–water partition coefficient (Wildman–Crippen LogP) is 1.36. The Morgan fingerprint density at radius 2 is 2.05 bits per heavy atom. The summed E-state index contributed by atoms with van der Waals surface area (Å²) < 4.78 is 0. The van der Waals surface area contributed by atoms with E-state index in [0.717, 1.165) is 0 Å². The van der Waals surface area contributed by atoms with E-state index < -0.39 is 5.97 Å². The zero-order chi connectivity index (χ0) is 13.7. The van der Waals surface area contributed by atoms with Crippen LogP contribution in [0.4, 0.5) is 5.69 Å². The Balaban J connectivity index is 2.04. The highest BCUT2D eigenvalue weighted by atomic mass is 16.4. The summed E-state index contributed by atoms with van der Waals surface area (Å²) in [4.78, 5) is 30.1. The summed E-state index contributed by atoms with van der Waals surface area (Å²) >= 11 is 0. The number of carboxylic acid groups (broad SMARTS) is 1. The van der Waals surface area contributed by atoms with Crippen LogP contribution in [0, 0.1) is 0 Å². The van der Waals surface area contributed by atoms with Gasteiger partial charge in [0.15, 0.2) is 0 Å². The van der Waals surface area contributed by atoms with Gasteiger partial charge in [-0.15, -0.1) is 0 Å². The minimum Gasteiger partial charge on any atom is -0.481 e. The Morgan fingerprint density at radius 1 is 1.21 bits per heavy atom. The Labute approximate surface area is 109 Å². The van der Waals surface area contributed by atoms with Crippen molar-refractivity contribution in [3.05, 3.63) is 54.1 Å². The minimum absolute atomic E-state index is 0.142. The molecule has 0 aliphatic rings. The number of rotatable bonds is 4. The first kappa shape index (κ1) is 12.7. The third-order valence-corrected chi connectivity index (χ3v) is 2.34. The number of carbonyl (C=O) groups is 2. The van der Waals surface area contributed by atoms with Crippen molar-refractivity contribution in [1.82, 2.24) is 9.97 Å². The summed E-state index contributed by atoms with van der Waals surface area (Å²) in [6.07, 6.45) is 4.32. The lowest BCUT2D eigenvalue weighted by Crippen LogP contribution is -2.12. The monoisotopic (exact) mass is 257 g/mol. The molecule has 0 atom stereocenters. The number of amides is 1. The number of nitrogens with one attached hydrogen (secondary N) is 1. The van der Waals surface area contributed by atoms with Crippen LogP contribution in [0.1, 0.15) is 16.1 Å². The molecular weight excluding hydrogens is 246 g/mol. The van der Waals surface area contributed by atoms with Gasteiger partial charge in [0.2, 0.25) is 0 Å². The largest absolute Gasteiger partial charge is 0.481 e. The molecule has 19 heavy (non-hydrogen) atoms. The van der Waals surface area contributed by atoms with Crippen LogP contribution in [0.25, 0.3) is 0 Å². The number of hydrogen-bond acceptors (Lipinski definition) is 4. The average molecular weight is 257 g/mol. The molecule has 0 aromatic carbocycles. The van der Waals surface area contributed by atoms with E-state index in [9.17, 15) is 9.59 Å². The standard InChI is InChI=1S/C13H11N3O3/c17-12(18)6-10-3-4-11(8-15-10)16-13(19)9-2-1-5-14-7-9/h1-5,7-8H,6H2,(H,16,19)(H,17,18). The molecule has 0 saturated heterocycles. The highest BCUT2D eigenvalue weighted by Crippen LogP contribution is 2.08. The number of hydrogen-bond donors (Lipinski definition) is 2. The molecule has 0 spiro atoms. The molecule has 2 aromatic rings. The van der Waals surface area contributed by atoms with E-state index in [-0.39, 0.29) is 12.3 Å². The van der Waals surface area contributed by atoms with Crippen LogP contribution in [-0.2, 0) is 11.2 Å². The lowest BCUT2D eigenvalue weighted by atomic mass is 10.2. The van der Waals surface area contributed by atoms with Crippen LogP contribution in [0.3, 0.4) is 0 Å². The molecule has 2 heterocycles. The highest BCUT2D eigenvalue weighted by Gasteiger charge is 2.06. The van der Waals surface area contributed by atoms with Gasteiger partial charge in [-0.1, -0.05) is 0 Å². The van der Waals surface area contributed by atoms with Crippen molar-refractivity contribution in [3.63, 3.8) is 0 Å². The SMILES string of the molecule is O=C(O)Cc1ccc(NC(=O)c2cccnc2)cn1. The van der Waals surface area contributed by atoms with E-state index in [2.05, 4.69) is 15.3 Å². The molecule has 0 saturated carbocycles. The number of anilines is 1. The molecule has 0 bridgehead atoms. The van der Waals surface area contributed by atoms with Gasteiger partial charge in [-0.2, -0.15) is 0 Å². The molecule has 0 unspecified atom stereocenters. The van der Waals surface area contributed by atoms with Gasteiger partial charge in [-0.25, -0.2) is 0 Å².